The number of rotatable bonds is 6. The Morgan fingerprint density at radius 3 is 2.13 bits per heavy atom. The Bertz CT molecular complexity index is 1040. The quantitative estimate of drug-likeness (QED) is 0.504. The van der Waals surface area contributed by atoms with Crippen LogP contribution in [0.5, 0.6) is 0 Å². The molecule has 0 saturated carbocycles. The van der Waals surface area contributed by atoms with Crippen LogP contribution in [0.1, 0.15) is 22.3 Å². The number of thiophene rings is 1. The third kappa shape index (κ3) is 11.9. The highest BCUT2D eigenvalue weighted by Gasteiger charge is 2.38. The van der Waals surface area contributed by atoms with E-state index in [1.54, 1.807) is 30.3 Å². The van der Waals surface area contributed by atoms with E-state index in [2.05, 4.69) is 26.7 Å². The number of amides is 1. The number of ether oxygens (including phenoxy) is 1. The second-order valence-electron chi connectivity index (χ2n) is 7.92. The van der Waals surface area contributed by atoms with Crippen molar-refractivity contribution >= 4 is 29.2 Å². The first-order valence-electron chi connectivity index (χ1n) is 10.6. The zero-order valence-corrected chi connectivity index (χ0v) is 21.0. The van der Waals surface area contributed by atoms with E-state index in [1.165, 1.54) is 16.7 Å². The molecule has 0 bridgehead atoms. The van der Waals surface area contributed by atoms with E-state index < -0.39 is 24.3 Å². The summed E-state index contributed by atoms with van der Waals surface area (Å²) < 4.78 is 69.0. The van der Waals surface area contributed by atoms with E-state index in [0.717, 1.165) is 31.6 Å². The number of alkyl halides is 6. The molecule has 0 saturated heterocycles. The fourth-order valence-electron chi connectivity index (χ4n) is 2.90. The number of fused-ring (bicyclic) bond motifs is 1. The molecule has 0 unspecified atom stereocenters. The number of halogens is 6. The monoisotopic (exact) mass is 573 g/mol. The first-order chi connectivity index (χ1) is 17.5. The predicted octanol–water partition coefficient (Wildman–Crippen LogP) is 3.57. The molecule has 16 heteroatoms. The molecule has 1 aliphatic rings. The summed E-state index contributed by atoms with van der Waals surface area (Å²) in [5.74, 6) is -5.53. The third-order valence-corrected chi connectivity index (χ3v) is 5.49. The van der Waals surface area contributed by atoms with Crippen molar-refractivity contribution < 1.29 is 55.7 Å². The minimum absolute atomic E-state index is 0.0188. The van der Waals surface area contributed by atoms with E-state index >= 15 is 0 Å². The van der Waals surface area contributed by atoms with Crippen LogP contribution >= 0.6 is 11.3 Å². The van der Waals surface area contributed by atoms with E-state index in [-0.39, 0.29) is 12.5 Å². The van der Waals surface area contributed by atoms with Gasteiger partial charge in [-0.3, -0.25) is 14.7 Å². The number of aromatic nitrogens is 1. The zero-order chi connectivity index (χ0) is 29.1. The fourth-order valence-corrected chi connectivity index (χ4v) is 3.56. The summed E-state index contributed by atoms with van der Waals surface area (Å²) in [6, 6.07) is 2.18. The molecule has 1 aliphatic heterocycles. The van der Waals surface area contributed by atoms with Crippen molar-refractivity contribution in [1.82, 2.24) is 14.8 Å². The third-order valence-electron chi connectivity index (χ3n) is 4.76. The SMILES string of the molecule is CN(C)C(=O)COCc1cncc2c1CCN(Cc1ccsc1)C2.O=C(O)C(F)(F)F.O=C(O)C(F)(F)F. The van der Waals surface area contributed by atoms with Gasteiger partial charge in [-0.2, -0.15) is 37.7 Å². The normalized spacial score (nSPS) is 13.3. The lowest BCUT2D eigenvalue weighted by Crippen LogP contribution is -2.31. The highest BCUT2D eigenvalue weighted by molar-refractivity contribution is 7.07. The van der Waals surface area contributed by atoms with Gasteiger partial charge in [-0.25, -0.2) is 9.59 Å². The van der Waals surface area contributed by atoms with Crippen molar-refractivity contribution in [2.45, 2.75) is 38.5 Å². The maximum absolute atomic E-state index is 11.6. The molecule has 3 rings (SSSR count). The average molecular weight is 574 g/mol. The molecule has 0 spiro atoms. The summed E-state index contributed by atoms with van der Waals surface area (Å²) in [7, 11) is 3.47. The van der Waals surface area contributed by atoms with Crippen molar-refractivity contribution in [3.8, 4) is 0 Å². The topological polar surface area (TPSA) is 120 Å². The second kappa shape index (κ2) is 14.6. The molecule has 0 atom stereocenters. The number of carbonyl (C=O) groups excluding carboxylic acids is 1. The van der Waals surface area contributed by atoms with Crippen LogP contribution in [0.2, 0.25) is 0 Å². The first kappa shape index (κ1) is 32.8. The molecular formula is C22H25F6N3O6S. The molecule has 0 fully saturated rings. The smallest absolute Gasteiger partial charge is 0.475 e. The largest absolute Gasteiger partial charge is 0.490 e. The number of aliphatic carboxylic acids is 2. The summed E-state index contributed by atoms with van der Waals surface area (Å²) >= 11 is 1.74. The van der Waals surface area contributed by atoms with Gasteiger partial charge in [0, 0.05) is 46.1 Å². The molecule has 0 aromatic carbocycles. The number of hydrogen-bond acceptors (Lipinski definition) is 7. The molecule has 0 radical (unpaired) electrons. The zero-order valence-electron chi connectivity index (χ0n) is 20.2. The molecule has 0 aliphatic carbocycles. The van der Waals surface area contributed by atoms with Crippen LogP contribution < -0.4 is 0 Å². The number of hydrogen-bond donors (Lipinski definition) is 2. The summed E-state index contributed by atoms with van der Waals surface area (Å²) in [5.41, 5.74) is 5.09. The molecule has 3 heterocycles. The van der Waals surface area contributed by atoms with Crippen LogP contribution in [0, 0.1) is 0 Å². The number of carbonyl (C=O) groups is 3. The Morgan fingerprint density at radius 1 is 1.08 bits per heavy atom. The van der Waals surface area contributed by atoms with Gasteiger partial charge in [0.05, 0.1) is 6.61 Å². The molecule has 2 aromatic rings. The maximum Gasteiger partial charge on any atom is 0.490 e. The lowest BCUT2D eigenvalue weighted by atomic mass is 9.97. The maximum atomic E-state index is 11.6. The van der Waals surface area contributed by atoms with Gasteiger partial charge in [0.1, 0.15) is 6.61 Å². The molecule has 9 nitrogen and oxygen atoms in total. The van der Waals surface area contributed by atoms with E-state index in [9.17, 15) is 31.1 Å². The lowest BCUT2D eigenvalue weighted by molar-refractivity contribution is -0.193. The van der Waals surface area contributed by atoms with Gasteiger partial charge in [-0.15, -0.1) is 0 Å². The van der Waals surface area contributed by atoms with E-state index in [0.29, 0.717) is 6.61 Å². The molecular weight excluding hydrogens is 548 g/mol. The molecule has 38 heavy (non-hydrogen) atoms. The van der Waals surface area contributed by atoms with Crippen LogP contribution in [-0.4, -0.2) is 82.4 Å². The van der Waals surface area contributed by atoms with Crippen LogP contribution in [-0.2, 0) is 45.2 Å². The number of likely N-dealkylation sites (N-methyl/N-ethyl adjacent to an activating group) is 1. The van der Waals surface area contributed by atoms with Crippen molar-refractivity contribution in [1.29, 1.82) is 0 Å². The standard InChI is InChI=1S/C18H23N3O2S.2C2HF3O2/c1-20(2)18(22)12-23-11-16-8-19-7-15-10-21(5-3-17(15)16)9-14-4-6-24-13-14;2*3-2(4,5)1(6)7/h4,6-8,13H,3,5,9-12H2,1-2H3;2*(H,6,7). The van der Waals surface area contributed by atoms with Crippen molar-refractivity contribution in [2.75, 3.05) is 27.2 Å². The van der Waals surface area contributed by atoms with Crippen molar-refractivity contribution in [2.24, 2.45) is 0 Å². The predicted molar refractivity (Wildman–Crippen MR) is 122 cm³/mol. The first-order valence-corrected chi connectivity index (χ1v) is 11.5. The summed E-state index contributed by atoms with van der Waals surface area (Å²) in [4.78, 5) is 37.7. The van der Waals surface area contributed by atoms with Crippen molar-refractivity contribution in [3.05, 3.63) is 51.5 Å². The van der Waals surface area contributed by atoms with Gasteiger partial charge in [0.2, 0.25) is 5.91 Å². The Hall–Kier alpha value is -3.24. The number of carboxylic acids is 2. The van der Waals surface area contributed by atoms with Gasteiger partial charge in [-0.05, 0) is 45.5 Å². The molecule has 2 aromatic heterocycles. The second-order valence-corrected chi connectivity index (χ2v) is 8.70. The summed E-state index contributed by atoms with van der Waals surface area (Å²) in [5, 5.41) is 18.6. The minimum Gasteiger partial charge on any atom is -0.475 e. The van der Waals surface area contributed by atoms with E-state index in [4.69, 9.17) is 24.5 Å². The van der Waals surface area contributed by atoms with Gasteiger partial charge in [0.25, 0.3) is 0 Å². The van der Waals surface area contributed by atoms with Crippen LogP contribution in [0.4, 0.5) is 26.3 Å². The molecule has 2 N–H and O–H groups in total. The van der Waals surface area contributed by atoms with Gasteiger partial charge in [-0.1, -0.05) is 0 Å². The molecule has 212 valence electrons. The number of carboxylic acid groups (broad SMARTS) is 2. The Kier molecular flexibility index (Phi) is 12.6. The van der Waals surface area contributed by atoms with Gasteiger partial charge in [0.15, 0.2) is 0 Å². The number of nitrogens with zero attached hydrogens (tertiary/aromatic N) is 3. The fraction of sp³-hybridized carbons (Fsp3) is 0.455. The van der Waals surface area contributed by atoms with Crippen LogP contribution in [0.15, 0.2) is 29.2 Å². The van der Waals surface area contributed by atoms with Crippen LogP contribution in [0.25, 0.3) is 0 Å². The summed E-state index contributed by atoms with van der Waals surface area (Å²) in [6.45, 7) is 3.50. The Labute approximate surface area is 217 Å². The van der Waals surface area contributed by atoms with Crippen LogP contribution in [0.3, 0.4) is 0 Å². The highest BCUT2D eigenvalue weighted by Crippen LogP contribution is 2.24. The van der Waals surface area contributed by atoms with Gasteiger partial charge >= 0.3 is 24.3 Å². The molecule has 1 amide bonds. The Morgan fingerprint density at radius 2 is 1.66 bits per heavy atom. The minimum atomic E-state index is -5.08. The number of pyridine rings is 1. The van der Waals surface area contributed by atoms with E-state index in [1.807, 2.05) is 12.4 Å². The highest BCUT2D eigenvalue weighted by atomic mass is 32.1. The van der Waals surface area contributed by atoms with Crippen molar-refractivity contribution in [3.63, 3.8) is 0 Å². The Balaban J connectivity index is 0.000000426. The summed E-state index contributed by atoms with van der Waals surface area (Å²) in [6.07, 6.45) is -5.33. The lowest BCUT2D eigenvalue weighted by Gasteiger charge is -2.29. The average Bonchev–Trinajstić information content (AvgIpc) is 3.31. The van der Waals surface area contributed by atoms with Gasteiger partial charge < -0.3 is 19.8 Å².